The van der Waals surface area contributed by atoms with Gasteiger partial charge in [-0.05, 0) is 219 Å². The van der Waals surface area contributed by atoms with Gasteiger partial charge in [0.2, 0.25) is 23.6 Å². The Hall–Kier alpha value is -10.3. The number of carbonyl (C=O) groups excluding carboxylic acids is 8. The topological polar surface area (TPSA) is 319 Å². The number of piperazine rings is 4. The summed E-state index contributed by atoms with van der Waals surface area (Å²) in [5.41, 5.74) is 9.46. The summed E-state index contributed by atoms with van der Waals surface area (Å²) in [7, 11) is 4.44. The van der Waals surface area contributed by atoms with E-state index >= 15 is 0 Å². The Morgan fingerprint density at radius 3 is 1.56 bits per heavy atom. The summed E-state index contributed by atoms with van der Waals surface area (Å²) < 4.78 is 11.7. The van der Waals surface area contributed by atoms with E-state index in [0.717, 1.165) is 234 Å². The fourth-order valence-electron chi connectivity index (χ4n) is 17.3. The van der Waals surface area contributed by atoms with E-state index < -0.39 is 47.5 Å². The number of nitrogens with zero attached hydrogens (tertiary/aromatic N) is 17. The molecule has 8 amide bonds. The third-order valence-electron chi connectivity index (χ3n) is 23.8. The Morgan fingerprint density at radius 1 is 0.513 bits per heavy atom. The number of H-pyrrole nitrogens is 1. The average molecular weight is 1650 g/mol. The highest BCUT2D eigenvalue weighted by atomic mass is 35.5. The number of hydrogen-bond acceptors (Lipinski definition) is 26. The molecule has 0 bridgehead atoms. The molecule has 6 fully saturated rings. The predicted molar refractivity (Wildman–Crippen MR) is 456 cm³/mol. The summed E-state index contributed by atoms with van der Waals surface area (Å²) in [5, 5.41) is 17.1. The Balaban J connectivity index is 0.000000165. The maximum Gasteiger partial charge on any atom is 0.262 e. The van der Waals surface area contributed by atoms with Crippen molar-refractivity contribution in [1.82, 2.24) is 85.3 Å². The number of carbonyl (C=O) groups is 8. The van der Waals surface area contributed by atoms with Gasteiger partial charge in [0.15, 0.2) is 0 Å². The minimum Gasteiger partial charge on any atom is -0.491 e. The Labute approximate surface area is 700 Å². The number of fused-ring (bicyclic) bond motifs is 4. The van der Waals surface area contributed by atoms with Crippen LogP contribution < -0.4 is 40.1 Å². The van der Waals surface area contributed by atoms with E-state index in [0.29, 0.717) is 46.0 Å². The van der Waals surface area contributed by atoms with E-state index in [1.807, 2.05) is 82.3 Å². The van der Waals surface area contributed by atoms with Crippen LogP contribution in [0.5, 0.6) is 11.5 Å². The van der Waals surface area contributed by atoms with Gasteiger partial charge in [-0.15, -0.1) is 0 Å². The molecule has 9 aliphatic heterocycles. The van der Waals surface area contributed by atoms with Crippen molar-refractivity contribution in [3.63, 3.8) is 0 Å². The molecule has 632 valence electrons. The number of nitrogens with one attached hydrogen (secondary N) is 4. The van der Waals surface area contributed by atoms with Crippen LogP contribution in [0.3, 0.4) is 0 Å². The Morgan fingerprint density at radius 2 is 1.03 bits per heavy atom. The van der Waals surface area contributed by atoms with Crippen molar-refractivity contribution in [1.29, 1.82) is 0 Å². The zero-order valence-corrected chi connectivity index (χ0v) is 70.4. The highest BCUT2D eigenvalue weighted by molar-refractivity contribution is 6.30. The minimum atomic E-state index is -0.959. The summed E-state index contributed by atoms with van der Waals surface area (Å²) >= 11 is 5.92. The van der Waals surface area contributed by atoms with Crippen LogP contribution in [0.15, 0.2) is 103 Å². The lowest BCUT2D eigenvalue weighted by molar-refractivity contribution is -0.137. The first-order chi connectivity index (χ1) is 57.5. The number of ether oxygens (including phenoxy) is 2. The SMILES string of the molecule is CC(C)Oc1ccc2[nH]nc(-c3cc(N4CCN(CCCN(C)CCCN5CCN(c6ccc7c(c6)C(=O)N(C6CCC(=O)NC6=O)C7=O)CC5)[C@@H](C)C4)ncn3)c2c1.CC(C)Oc1ccc2c(c1)C(c1cc(Cl)ncn1)=NC2.C[C@H]1CNCCN1CCCN(C)CCCN1CCN(c2ccc3c(c2)C(=O)N(C2CCC(=O)NC2=O)C3=O)CC1. The summed E-state index contributed by atoms with van der Waals surface area (Å²) in [5.74, 6) is -1.23. The molecule has 4 atom stereocenters. The Bertz CT molecular complexity index is 4890. The van der Waals surface area contributed by atoms with Crippen molar-refractivity contribution in [3.05, 3.63) is 142 Å². The van der Waals surface area contributed by atoms with Crippen LogP contribution in [0.1, 0.15) is 151 Å². The van der Waals surface area contributed by atoms with Crippen molar-refractivity contribution in [2.24, 2.45) is 4.99 Å². The number of aromatic nitrogens is 6. The van der Waals surface area contributed by atoms with Crippen molar-refractivity contribution in [2.75, 3.05) is 173 Å². The lowest BCUT2D eigenvalue weighted by Gasteiger charge is -2.40. The lowest BCUT2D eigenvalue weighted by Crippen LogP contribution is -2.54. The van der Waals surface area contributed by atoms with Gasteiger partial charge in [-0.1, -0.05) is 17.7 Å². The number of imide groups is 4. The maximum absolute atomic E-state index is 13.3. The van der Waals surface area contributed by atoms with E-state index in [1.165, 1.54) is 24.9 Å². The zero-order valence-electron chi connectivity index (χ0n) is 69.7. The number of hydrogen-bond donors (Lipinski definition) is 4. The second kappa shape index (κ2) is 38.9. The van der Waals surface area contributed by atoms with Crippen LogP contribution >= 0.6 is 11.6 Å². The molecule has 0 radical (unpaired) electrons. The number of rotatable bonds is 27. The van der Waals surface area contributed by atoms with Gasteiger partial charge in [0.25, 0.3) is 23.6 Å². The van der Waals surface area contributed by atoms with E-state index in [-0.39, 0.29) is 49.7 Å². The zero-order chi connectivity index (χ0) is 83.5. The van der Waals surface area contributed by atoms with Gasteiger partial charge in [0.05, 0.1) is 63.6 Å². The molecule has 0 spiro atoms. The molecule has 119 heavy (non-hydrogen) atoms. The van der Waals surface area contributed by atoms with Crippen LogP contribution in [0.4, 0.5) is 17.2 Å². The molecular formula is C87H112ClN21O10. The molecule has 0 aliphatic carbocycles. The molecule has 6 saturated heterocycles. The van der Waals surface area contributed by atoms with Crippen LogP contribution in [0.25, 0.3) is 22.3 Å². The van der Waals surface area contributed by atoms with Gasteiger partial charge >= 0.3 is 0 Å². The van der Waals surface area contributed by atoms with E-state index in [1.54, 1.807) is 36.7 Å². The first-order valence-electron chi connectivity index (χ1n) is 42.2. The van der Waals surface area contributed by atoms with E-state index in [4.69, 9.17) is 21.1 Å². The molecule has 7 aromatic rings. The smallest absolute Gasteiger partial charge is 0.262 e. The van der Waals surface area contributed by atoms with Crippen molar-refractivity contribution in [3.8, 4) is 22.9 Å². The molecule has 2 unspecified atom stereocenters. The summed E-state index contributed by atoms with van der Waals surface area (Å²) in [6.45, 7) is 35.2. The molecule has 4 aromatic carbocycles. The van der Waals surface area contributed by atoms with Gasteiger partial charge in [-0.3, -0.25) is 88.5 Å². The molecule has 31 nitrogen and oxygen atoms in total. The summed E-state index contributed by atoms with van der Waals surface area (Å²) in [6, 6.07) is 25.7. The standard InChI is InChI=1S/C43H55N11O5.C29H43N7O4.C15H14ClN3O/c1-28(2)59-31-8-10-35-34(24-31)40(48-47-35)36-25-38(45-27-44-36)53-22-21-51(29(3)26-53)16-6-14-49(4)13-5-15-50-17-19-52(20-18-50)30-7-9-32-33(23-30)43(58)54(42(32)57)37-11-12-39(55)46-41(37)56;1-21-20-30-9-14-34(21)13-4-11-32(2)10-3-12-33-15-17-35(18-16-33)22-5-6-23-24(19-22)29(40)36(28(23)39)25-7-8-26(37)31-27(25)38;1-9(2)20-11-4-3-10-7-17-15(12(10)5-11)13-6-14(16)19-8-18-13/h7-10,23-25,27-29,37H,5-6,11-22,26H2,1-4H3,(H,47,48)(H,46,55,56);5-6,19,21,25,30H,3-4,7-18,20H2,1-2H3,(H,31,37,38);3-6,8-9H,7H2,1-2H3/t29-,37?;21-,25?;/m00./s1. The quantitative estimate of drug-likeness (QED) is 0.0306. The monoisotopic (exact) mass is 1650 g/mol. The van der Waals surface area contributed by atoms with Gasteiger partial charge in [0.1, 0.15) is 52.9 Å². The van der Waals surface area contributed by atoms with Gasteiger partial charge in [0, 0.05) is 151 Å². The largest absolute Gasteiger partial charge is 0.491 e. The minimum absolute atomic E-state index is 0.0874. The average Bonchev–Trinajstić information content (AvgIpc) is 1.61. The number of benzene rings is 4. The van der Waals surface area contributed by atoms with Crippen LogP contribution in [0, 0.1) is 0 Å². The van der Waals surface area contributed by atoms with E-state index in [9.17, 15) is 38.4 Å². The number of aliphatic imine (C=N–C) groups is 1. The second-order valence-electron chi connectivity index (χ2n) is 33.0. The van der Waals surface area contributed by atoms with Crippen molar-refractivity contribution >= 4 is 92.7 Å². The number of amides is 8. The fraction of sp³-hybridized carbons (Fsp3) is 0.517. The first kappa shape index (κ1) is 85.2. The highest BCUT2D eigenvalue weighted by Crippen LogP contribution is 2.36. The molecule has 4 N–H and O–H groups in total. The Kier molecular flexibility index (Phi) is 27.8. The maximum atomic E-state index is 13.3. The highest BCUT2D eigenvalue weighted by Gasteiger charge is 2.47. The van der Waals surface area contributed by atoms with Crippen LogP contribution in [-0.2, 0) is 25.7 Å². The number of halogens is 1. The molecule has 32 heteroatoms. The molecular weight excluding hydrogens is 1530 g/mol. The van der Waals surface area contributed by atoms with Crippen molar-refractivity contribution < 1.29 is 47.8 Å². The predicted octanol–water partition coefficient (Wildman–Crippen LogP) is 6.74. The van der Waals surface area contributed by atoms with Gasteiger partial charge in [-0.25, -0.2) is 19.9 Å². The normalized spacial score (nSPS) is 20.8. The van der Waals surface area contributed by atoms with Crippen LogP contribution in [0.2, 0.25) is 5.15 Å². The number of anilines is 3. The third kappa shape index (κ3) is 20.6. The third-order valence-corrected chi connectivity index (χ3v) is 24.0. The number of piperidine rings is 2. The molecule has 9 aliphatic rings. The van der Waals surface area contributed by atoms with Crippen LogP contribution in [-0.4, -0.2) is 317 Å². The molecule has 12 heterocycles. The second-order valence-corrected chi connectivity index (χ2v) is 33.4. The molecule has 0 saturated carbocycles. The van der Waals surface area contributed by atoms with Gasteiger partial charge < -0.3 is 39.3 Å². The molecule has 3 aromatic heterocycles. The summed E-state index contributed by atoms with van der Waals surface area (Å²) in [6.07, 6.45) is 8.42. The number of aromatic amines is 1. The molecule has 16 rings (SSSR count). The first-order valence-corrected chi connectivity index (χ1v) is 42.6. The fourth-order valence-corrected chi connectivity index (χ4v) is 17.5. The van der Waals surface area contributed by atoms with Gasteiger partial charge in [-0.2, -0.15) is 5.10 Å². The van der Waals surface area contributed by atoms with E-state index in [2.05, 4.69) is 123 Å². The lowest BCUT2D eigenvalue weighted by atomic mass is 10.0. The van der Waals surface area contributed by atoms with Crippen molar-refractivity contribution in [2.45, 2.75) is 136 Å². The summed E-state index contributed by atoms with van der Waals surface area (Å²) in [4.78, 5) is 146.